The van der Waals surface area contributed by atoms with Crippen LogP contribution < -0.4 is 0 Å². The maximum atomic E-state index is 11.4. The molecule has 0 N–H and O–H groups in total. The van der Waals surface area contributed by atoms with Crippen LogP contribution in [-0.2, 0) is 4.79 Å². The van der Waals surface area contributed by atoms with Crippen molar-refractivity contribution >= 4 is 5.78 Å². The van der Waals surface area contributed by atoms with Gasteiger partial charge >= 0.3 is 0 Å². The lowest BCUT2D eigenvalue weighted by Crippen LogP contribution is -2.28. The molecule has 0 heterocycles. The van der Waals surface area contributed by atoms with Crippen LogP contribution >= 0.6 is 0 Å². The number of ketones is 1. The number of nitroso groups, excluding NO2 is 2. The summed E-state index contributed by atoms with van der Waals surface area (Å²) in [5.41, 5.74) is 0.0984. The predicted octanol–water partition coefficient (Wildman–Crippen LogP) is 5.65. The van der Waals surface area contributed by atoms with Crippen LogP contribution in [0.5, 0.6) is 0 Å². The molecule has 0 aromatic rings. The van der Waals surface area contributed by atoms with Gasteiger partial charge in [-0.25, -0.2) is 0 Å². The van der Waals surface area contributed by atoms with Crippen molar-refractivity contribution < 1.29 is 4.79 Å². The molecular weight excluding hydrogens is 292 g/mol. The first kappa shape index (κ1) is 21.9. The Morgan fingerprint density at radius 1 is 0.913 bits per heavy atom. The molecule has 0 fully saturated rings. The van der Waals surface area contributed by atoms with Crippen LogP contribution in [0.3, 0.4) is 0 Å². The minimum absolute atomic E-state index is 0.0592. The van der Waals surface area contributed by atoms with E-state index in [1.54, 1.807) is 6.92 Å². The molecular formula is C18H34N2O3. The summed E-state index contributed by atoms with van der Waals surface area (Å²) in [4.78, 5) is 33.1. The van der Waals surface area contributed by atoms with Crippen LogP contribution in [0, 0.1) is 21.1 Å². The number of nitrogens with zero attached hydrogens (tertiary/aromatic N) is 2. The van der Waals surface area contributed by atoms with Crippen LogP contribution in [0.15, 0.2) is 10.4 Å². The van der Waals surface area contributed by atoms with Gasteiger partial charge in [0, 0.05) is 6.42 Å². The lowest BCUT2D eigenvalue weighted by atomic mass is 9.76. The highest BCUT2D eigenvalue weighted by molar-refractivity contribution is 5.83. The molecule has 134 valence electrons. The van der Waals surface area contributed by atoms with Gasteiger partial charge < -0.3 is 0 Å². The van der Waals surface area contributed by atoms with E-state index in [9.17, 15) is 14.6 Å². The fourth-order valence-electron chi connectivity index (χ4n) is 2.70. The summed E-state index contributed by atoms with van der Waals surface area (Å²) in [5.74, 6) is 0.218. The lowest BCUT2D eigenvalue weighted by Gasteiger charge is -2.30. The quantitative estimate of drug-likeness (QED) is 0.324. The highest BCUT2D eigenvalue weighted by atomic mass is 16.3. The minimum atomic E-state index is -0.656. The number of carbonyl (C=O) groups excluding carboxylic acids is 1. The van der Waals surface area contributed by atoms with E-state index in [1.807, 2.05) is 0 Å². The molecule has 0 aromatic heterocycles. The zero-order valence-electron chi connectivity index (χ0n) is 15.5. The van der Waals surface area contributed by atoms with E-state index in [1.165, 1.54) is 0 Å². The van der Waals surface area contributed by atoms with E-state index < -0.39 is 6.04 Å². The summed E-state index contributed by atoms with van der Waals surface area (Å²) in [6.45, 7) is 10.3. The molecule has 0 aliphatic carbocycles. The molecule has 0 aromatic carbocycles. The average Bonchev–Trinajstić information content (AvgIpc) is 2.51. The monoisotopic (exact) mass is 326 g/mol. The third-order valence-electron chi connectivity index (χ3n) is 4.90. The molecule has 0 saturated heterocycles. The Labute approximate surface area is 140 Å². The van der Waals surface area contributed by atoms with Gasteiger partial charge in [-0.05, 0) is 24.2 Å². The average molecular weight is 326 g/mol. The number of Topliss-reactive ketones (excluding diaryl/α,β-unsaturated/α-hetero) is 1. The van der Waals surface area contributed by atoms with Gasteiger partial charge in [0.1, 0.15) is 6.04 Å². The van der Waals surface area contributed by atoms with Crippen molar-refractivity contribution in [2.45, 2.75) is 98.1 Å². The van der Waals surface area contributed by atoms with E-state index in [4.69, 9.17) is 0 Å². The summed E-state index contributed by atoms with van der Waals surface area (Å²) in [7, 11) is 0. The highest BCUT2D eigenvalue weighted by Gasteiger charge is 2.28. The summed E-state index contributed by atoms with van der Waals surface area (Å²) in [6.07, 6.45) is 6.76. The Morgan fingerprint density at radius 3 is 1.87 bits per heavy atom. The zero-order chi connectivity index (χ0) is 17.9. The molecule has 5 nitrogen and oxygen atoms in total. The van der Waals surface area contributed by atoms with Crippen LogP contribution in [0.1, 0.15) is 86.0 Å². The normalized spacial score (nSPS) is 15.7. The van der Waals surface area contributed by atoms with Gasteiger partial charge in [-0.15, -0.1) is 0 Å². The molecule has 3 unspecified atom stereocenters. The van der Waals surface area contributed by atoms with Crippen molar-refractivity contribution in [1.29, 1.82) is 0 Å². The largest absolute Gasteiger partial charge is 0.297 e. The van der Waals surface area contributed by atoms with Gasteiger partial charge in [0.05, 0.1) is 6.04 Å². The number of rotatable bonds is 13. The summed E-state index contributed by atoms with van der Waals surface area (Å²) in [6, 6.07) is -0.767. The second-order valence-corrected chi connectivity index (χ2v) is 7.61. The van der Waals surface area contributed by atoms with E-state index in [0.29, 0.717) is 12.8 Å². The van der Waals surface area contributed by atoms with Crippen LogP contribution in [-0.4, -0.2) is 17.9 Å². The Hall–Kier alpha value is -1.13. The van der Waals surface area contributed by atoms with Crippen molar-refractivity contribution in [2.75, 3.05) is 0 Å². The van der Waals surface area contributed by atoms with E-state index in [0.717, 1.165) is 38.5 Å². The Kier molecular flexibility index (Phi) is 10.9. The van der Waals surface area contributed by atoms with Gasteiger partial charge in [0.15, 0.2) is 5.78 Å². The van der Waals surface area contributed by atoms with Crippen LogP contribution in [0.25, 0.3) is 0 Å². The summed E-state index contributed by atoms with van der Waals surface area (Å²) in [5, 5.41) is 6.24. The van der Waals surface area contributed by atoms with Crippen molar-refractivity contribution in [2.24, 2.45) is 21.7 Å². The number of hydrogen-bond acceptors (Lipinski definition) is 5. The molecule has 0 aliphatic rings. The Balaban J connectivity index is 3.86. The Bertz CT molecular complexity index is 364. The fraction of sp³-hybridized carbons (Fsp3) is 0.944. The van der Waals surface area contributed by atoms with Gasteiger partial charge in [-0.1, -0.05) is 77.1 Å². The SMILES string of the molecule is CCC(=O)C(CCCCCCCC(N=O)C(C)C(C)(C)C)N=O. The molecule has 5 heteroatoms. The molecule has 0 rings (SSSR count). The summed E-state index contributed by atoms with van der Waals surface area (Å²) < 4.78 is 0. The molecule has 0 radical (unpaired) electrons. The number of hydrogen-bond donors (Lipinski definition) is 0. The summed E-state index contributed by atoms with van der Waals surface area (Å²) >= 11 is 0. The number of unbranched alkanes of at least 4 members (excludes halogenated alkanes) is 4. The first-order chi connectivity index (χ1) is 10.8. The van der Waals surface area contributed by atoms with Crippen LogP contribution in [0.2, 0.25) is 0 Å². The van der Waals surface area contributed by atoms with Gasteiger partial charge in [-0.3, -0.25) is 4.79 Å². The maximum absolute atomic E-state index is 11.4. The molecule has 0 amide bonds. The molecule has 0 saturated carbocycles. The van der Waals surface area contributed by atoms with Crippen molar-refractivity contribution in [3.8, 4) is 0 Å². The second kappa shape index (κ2) is 11.4. The third kappa shape index (κ3) is 8.92. The third-order valence-corrected chi connectivity index (χ3v) is 4.90. The smallest absolute Gasteiger partial charge is 0.160 e. The van der Waals surface area contributed by atoms with Gasteiger partial charge in [0.2, 0.25) is 0 Å². The van der Waals surface area contributed by atoms with Gasteiger partial charge in [-0.2, -0.15) is 9.81 Å². The minimum Gasteiger partial charge on any atom is -0.297 e. The first-order valence-corrected chi connectivity index (χ1v) is 8.95. The van der Waals surface area contributed by atoms with Crippen LogP contribution in [0.4, 0.5) is 0 Å². The molecule has 23 heavy (non-hydrogen) atoms. The fourth-order valence-corrected chi connectivity index (χ4v) is 2.70. The lowest BCUT2D eigenvalue weighted by molar-refractivity contribution is -0.120. The molecule has 0 aliphatic heterocycles. The van der Waals surface area contributed by atoms with E-state index in [2.05, 4.69) is 38.0 Å². The van der Waals surface area contributed by atoms with Crippen molar-refractivity contribution in [1.82, 2.24) is 0 Å². The highest BCUT2D eigenvalue weighted by Crippen LogP contribution is 2.32. The zero-order valence-corrected chi connectivity index (χ0v) is 15.5. The molecule has 3 atom stereocenters. The molecule has 0 bridgehead atoms. The van der Waals surface area contributed by atoms with E-state index in [-0.39, 0.29) is 23.2 Å². The predicted molar refractivity (Wildman–Crippen MR) is 95.4 cm³/mol. The van der Waals surface area contributed by atoms with E-state index >= 15 is 0 Å². The second-order valence-electron chi connectivity index (χ2n) is 7.61. The molecule has 0 spiro atoms. The van der Waals surface area contributed by atoms with Gasteiger partial charge in [0.25, 0.3) is 0 Å². The number of carbonyl (C=O) groups is 1. The topological polar surface area (TPSA) is 75.9 Å². The Morgan fingerprint density at radius 2 is 1.43 bits per heavy atom. The van der Waals surface area contributed by atoms with Crippen molar-refractivity contribution in [3.05, 3.63) is 9.81 Å². The standard InChI is InChI=1S/C18H34N2O3/c1-6-17(21)16(20-23)13-11-9-7-8-10-12-15(19-22)14(2)18(3,4)5/h14-16H,6-13H2,1-5H3. The van der Waals surface area contributed by atoms with Crippen molar-refractivity contribution in [3.63, 3.8) is 0 Å². The maximum Gasteiger partial charge on any atom is 0.160 e. The first-order valence-electron chi connectivity index (χ1n) is 8.95.